The van der Waals surface area contributed by atoms with E-state index in [1.54, 1.807) is 48.5 Å². The summed E-state index contributed by atoms with van der Waals surface area (Å²) in [6, 6.07) is 13.1. The number of carbonyl (C=O) groups excluding carboxylic acids is 4. The quantitative estimate of drug-likeness (QED) is 0.0783. The number of carboxylic acids is 1. The number of Topliss-reactive ketones (excluding diaryl/α,β-unsaturated/α-hetero) is 1. The Morgan fingerprint density at radius 3 is 2.12 bits per heavy atom. The summed E-state index contributed by atoms with van der Waals surface area (Å²) in [5.41, 5.74) is 14.1. The first-order valence-electron chi connectivity index (χ1n) is 13.6. The van der Waals surface area contributed by atoms with Crippen LogP contribution in [-0.4, -0.2) is 88.6 Å². The van der Waals surface area contributed by atoms with Gasteiger partial charge in [-0.1, -0.05) is 24.3 Å². The Hall–Kier alpha value is -4.62. The average Bonchev–Trinajstić information content (AvgIpc) is 2.95. The van der Waals surface area contributed by atoms with Crippen molar-refractivity contribution >= 4 is 35.3 Å². The first-order valence-corrected chi connectivity index (χ1v) is 13.6. The molecule has 1 aliphatic heterocycles. The number of piperazine rings is 1. The molecule has 1 saturated heterocycles. The van der Waals surface area contributed by atoms with Crippen LogP contribution in [0.4, 0.5) is 0 Å². The third kappa shape index (κ3) is 7.56. The summed E-state index contributed by atoms with van der Waals surface area (Å²) >= 11 is 0. The summed E-state index contributed by atoms with van der Waals surface area (Å²) < 4.78 is 0. The van der Waals surface area contributed by atoms with Gasteiger partial charge in [-0.05, 0) is 69.0 Å². The van der Waals surface area contributed by atoms with Gasteiger partial charge in [0, 0.05) is 36.3 Å². The zero-order valence-electron chi connectivity index (χ0n) is 23.5. The molecule has 1 aliphatic rings. The van der Waals surface area contributed by atoms with Gasteiger partial charge in [-0.2, -0.15) is 5.01 Å². The summed E-state index contributed by atoms with van der Waals surface area (Å²) in [6.45, 7) is 1.44. The van der Waals surface area contributed by atoms with Gasteiger partial charge in [0.1, 0.15) is 12.4 Å². The Morgan fingerprint density at radius 1 is 0.952 bits per heavy atom. The van der Waals surface area contributed by atoms with Crippen LogP contribution in [0.1, 0.15) is 58.0 Å². The molecule has 0 aliphatic carbocycles. The molecule has 0 aromatic heterocycles. The molecule has 3 amide bonds. The number of hydrogen-bond acceptors (Lipinski definition) is 8. The number of rotatable bonds is 14. The number of nitrogens with one attached hydrogen (secondary N) is 3. The van der Waals surface area contributed by atoms with Crippen molar-refractivity contribution in [2.24, 2.45) is 11.5 Å². The monoisotopic (exact) mass is 579 g/mol. The topological polar surface area (TPSA) is 212 Å². The number of nitrogens with zero attached hydrogens (tertiary/aromatic N) is 2. The standard InChI is InChI=1S/C29H37N7O6/c1-19(37)29(13-2-3-15-33-26(40)22-10-8-21(9-11-22)25(31)32)28(42)35(18-24(38)39)16-17-36(29)34-27(41)23-6-4-20(5-7-23)12-14-30/h4-11H,2-3,12-18,30H2,1H3,(H3,31,32)(H,33,40)(H,34,41)(H,38,39). The summed E-state index contributed by atoms with van der Waals surface area (Å²) in [5, 5.41) is 20.9. The van der Waals surface area contributed by atoms with Gasteiger partial charge in [0.15, 0.2) is 11.3 Å². The summed E-state index contributed by atoms with van der Waals surface area (Å²) in [6.07, 6.45) is 1.37. The van der Waals surface area contributed by atoms with E-state index < -0.39 is 35.7 Å². The summed E-state index contributed by atoms with van der Waals surface area (Å²) in [4.78, 5) is 64.9. The van der Waals surface area contributed by atoms with Crippen LogP contribution in [0.3, 0.4) is 0 Å². The van der Waals surface area contributed by atoms with E-state index in [-0.39, 0.29) is 37.8 Å². The molecule has 0 saturated carbocycles. The highest BCUT2D eigenvalue weighted by Gasteiger charge is 2.53. The molecule has 0 radical (unpaired) electrons. The van der Waals surface area contributed by atoms with Crippen LogP contribution >= 0.6 is 0 Å². The second-order valence-electron chi connectivity index (χ2n) is 10.1. The van der Waals surface area contributed by atoms with Crippen molar-refractivity contribution in [2.75, 3.05) is 32.7 Å². The zero-order valence-corrected chi connectivity index (χ0v) is 23.5. The van der Waals surface area contributed by atoms with Gasteiger partial charge < -0.3 is 26.8 Å². The number of aliphatic carboxylic acids is 1. The molecule has 224 valence electrons. The van der Waals surface area contributed by atoms with E-state index >= 15 is 0 Å². The Kier molecular flexibility index (Phi) is 10.9. The van der Waals surface area contributed by atoms with Gasteiger partial charge in [0.25, 0.3) is 17.7 Å². The lowest BCUT2D eigenvalue weighted by molar-refractivity contribution is -0.165. The fourth-order valence-electron chi connectivity index (χ4n) is 4.90. The first-order chi connectivity index (χ1) is 20.0. The van der Waals surface area contributed by atoms with Crippen LogP contribution in [0.25, 0.3) is 0 Å². The first kappa shape index (κ1) is 31.9. The maximum Gasteiger partial charge on any atom is 0.323 e. The molecule has 13 nitrogen and oxygen atoms in total. The number of hydrazine groups is 1. The molecule has 1 unspecified atom stereocenters. The zero-order chi connectivity index (χ0) is 30.9. The predicted molar refractivity (Wildman–Crippen MR) is 155 cm³/mol. The molecule has 0 bridgehead atoms. The number of carbonyl (C=O) groups is 5. The molecule has 42 heavy (non-hydrogen) atoms. The van der Waals surface area contributed by atoms with Crippen molar-refractivity contribution < 1.29 is 29.1 Å². The van der Waals surface area contributed by atoms with Crippen molar-refractivity contribution in [1.82, 2.24) is 20.7 Å². The summed E-state index contributed by atoms with van der Waals surface area (Å²) in [7, 11) is 0. The minimum atomic E-state index is -1.81. The number of nitrogen functional groups attached to an aromatic ring is 1. The van der Waals surface area contributed by atoms with E-state index in [2.05, 4.69) is 10.7 Å². The van der Waals surface area contributed by atoms with Crippen LogP contribution in [0.5, 0.6) is 0 Å². The van der Waals surface area contributed by atoms with E-state index in [1.807, 2.05) is 0 Å². The fraction of sp³-hybridized carbons (Fsp3) is 0.379. The van der Waals surface area contributed by atoms with Crippen LogP contribution < -0.4 is 22.2 Å². The predicted octanol–water partition coefficient (Wildman–Crippen LogP) is 0.274. The van der Waals surface area contributed by atoms with Gasteiger partial charge in [0.2, 0.25) is 0 Å². The number of benzene rings is 2. The molecule has 8 N–H and O–H groups in total. The van der Waals surface area contributed by atoms with Gasteiger partial charge in [0.05, 0.1) is 0 Å². The molecule has 1 heterocycles. The van der Waals surface area contributed by atoms with Crippen LogP contribution in [-0.2, 0) is 20.8 Å². The van der Waals surface area contributed by atoms with Crippen molar-refractivity contribution in [3.05, 3.63) is 70.8 Å². The highest BCUT2D eigenvalue weighted by molar-refractivity contribution is 6.11. The SMILES string of the molecule is CC(=O)C1(CCCCNC(=O)c2ccc(C(=N)N)cc2)C(=O)N(CC(=O)O)CCN1NC(=O)c1ccc(CCN)cc1. The van der Waals surface area contributed by atoms with Crippen LogP contribution in [0.15, 0.2) is 48.5 Å². The number of nitrogens with two attached hydrogens (primary N) is 2. The largest absolute Gasteiger partial charge is 0.480 e. The Balaban J connectivity index is 1.71. The molecule has 2 aromatic carbocycles. The smallest absolute Gasteiger partial charge is 0.323 e. The third-order valence-electron chi connectivity index (χ3n) is 7.20. The second-order valence-corrected chi connectivity index (χ2v) is 10.1. The Morgan fingerprint density at radius 2 is 1.55 bits per heavy atom. The average molecular weight is 580 g/mol. The van der Waals surface area contributed by atoms with Gasteiger partial charge in [-0.25, -0.2) is 0 Å². The van der Waals surface area contributed by atoms with Crippen LogP contribution in [0.2, 0.25) is 0 Å². The van der Waals surface area contributed by atoms with E-state index in [1.165, 1.54) is 11.9 Å². The van der Waals surface area contributed by atoms with E-state index in [9.17, 15) is 29.1 Å². The number of amides is 3. The maximum absolute atomic E-state index is 13.6. The van der Waals surface area contributed by atoms with Crippen molar-refractivity contribution in [3.63, 3.8) is 0 Å². The molecule has 0 spiro atoms. The van der Waals surface area contributed by atoms with Crippen molar-refractivity contribution in [1.29, 1.82) is 5.41 Å². The van der Waals surface area contributed by atoms with Crippen molar-refractivity contribution in [2.45, 2.75) is 38.1 Å². The molecule has 1 atom stereocenters. The number of amidine groups is 1. The molecule has 2 aromatic rings. The number of ketones is 1. The minimum Gasteiger partial charge on any atom is -0.480 e. The fourth-order valence-corrected chi connectivity index (χ4v) is 4.90. The lowest BCUT2D eigenvalue weighted by Gasteiger charge is -2.47. The number of carboxylic acid groups (broad SMARTS) is 1. The molecule has 1 fully saturated rings. The lowest BCUT2D eigenvalue weighted by atomic mass is 9.84. The maximum atomic E-state index is 13.6. The van der Waals surface area contributed by atoms with E-state index in [4.69, 9.17) is 16.9 Å². The van der Waals surface area contributed by atoms with Gasteiger partial charge >= 0.3 is 5.97 Å². The molecule has 13 heteroatoms. The van der Waals surface area contributed by atoms with Gasteiger partial charge in [-0.3, -0.25) is 34.8 Å². The van der Waals surface area contributed by atoms with Crippen molar-refractivity contribution in [3.8, 4) is 0 Å². The summed E-state index contributed by atoms with van der Waals surface area (Å²) in [5.74, 6) is -3.39. The second kappa shape index (κ2) is 14.3. The molecule has 3 rings (SSSR count). The van der Waals surface area contributed by atoms with Gasteiger partial charge in [-0.15, -0.1) is 0 Å². The van der Waals surface area contributed by atoms with Crippen LogP contribution in [0, 0.1) is 5.41 Å². The number of hydrogen-bond donors (Lipinski definition) is 6. The third-order valence-corrected chi connectivity index (χ3v) is 7.20. The van der Waals surface area contributed by atoms with E-state index in [0.717, 1.165) is 10.5 Å². The Bertz CT molecular complexity index is 1330. The Labute approximate surface area is 243 Å². The normalized spacial score (nSPS) is 17.0. The molecular formula is C29H37N7O6. The molecular weight excluding hydrogens is 542 g/mol. The number of unbranched alkanes of at least 4 members (excludes halogenated alkanes) is 1. The lowest BCUT2D eigenvalue weighted by Crippen LogP contribution is -2.73. The van der Waals surface area contributed by atoms with E-state index in [0.29, 0.717) is 42.5 Å². The highest BCUT2D eigenvalue weighted by Crippen LogP contribution is 2.29. The minimum absolute atomic E-state index is 0.00379. The highest BCUT2D eigenvalue weighted by atomic mass is 16.4.